The molecule has 4 rings (SSSR count). The van der Waals surface area contributed by atoms with Crippen molar-refractivity contribution in [3.05, 3.63) is 99.1 Å². The van der Waals surface area contributed by atoms with E-state index in [9.17, 15) is 10.1 Å². The van der Waals surface area contributed by atoms with E-state index in [1.165, 1.54) is 17.8 Å². The first-order valence-corrected chi connectivity index (χ1v) is 10.5. The van der Waals surface area contributed by atoms with Gasteiger partial charge in [0, 0.05) is 28.5 Å². The molecule has 0 amide bonds. The average Bonchev–Trinajstić information content (AvgIpc) is 3.17. The van der Waals surface area contributed by atoms with Crippen molar-refractivity contribution in [3.63, 3.8) is 0 Å². The Hall–Kier alpha value is -3.16. The third kappa shape index (κ3) is 4.22. The summed E-state index contributed by atoms with van der Waals surface area (Å²) in [5.41, 5.74) is 3.90. The van der Waals surface area contributed by atoms with Crippen LogP contribution >= 0.6 is 23.4 Å². The Labute approximate surface area is 182 Å². The van der Waals surface area contributed by atoms with E-state index in [0.29, 0.717) is 21.8 Å². The van der Waals surface area contributed by atoms with Crippen molar-refractivity contribution in [2.45, 2.75) is 17.8 Å². The van der Waals surface area contributed by atoms with Crippen molar-refractivity contribution in [2.75, 3.05) is 0 Å². The van der Waals surface area contributed by atoms with Crippen LogP contribution in [0.3, 0.4) is 0 Å². The van der Waals surface area contributed by atoms with E-state index in [1.807, 2.05) is 66.1 Å². The Morgan fingerprint density at radius 2 is 1.80 bits per heavy atom. The summed E-state index contributed by atoms with van der Waals surface area (Å²) in [4.78, 5) is 10.7. The fraction of sp³-hybridized carbons (Fsp3) is 0.0909. The molecule has 150 valence electrons. The van der Waals surface area contributed by atoms with Crippen molar-refractivity contribution < 1.29 is 4.92 Å². The number of aromatic nitrogens is 3. The monoisotopic (exact) mass is 436 g/mol. The molecule has 0 bridgehead atoms. The smallest absolute Gasteiger partial charge is 0.269 e. The first-order valence-electron chi connectivity index (χ1n) is 9.16. The summed E-state index contributed by atoms with van der Waals surface area (Å²) in [6, 6.07) is 22.1. The molecule has 0 spiro atoms. The number of rotatable bonds is 6. The number of non-ortho nitro benzene ring substituents is 1. The Bertz CT molecular complexity index is 1210. The van der Waals surface area contributed by atoms with Gasteiger partial charge >= 0.3 is 0 Å². The van der Waals surface area contributed by atoms with E-state index >= 15 is 0 Å². The number of hydrogen-bond acceptors (Lipinski definition) is 5. The van der Waals surface area contributed by atoms with Crippen LogP contribution in [0.25, 0.3) is 17.1 Å². The average molecular weight is 437 g/mol. The van der Waals surface area contributed by atoms with E-state index < -0.39 is 0 Å². The van der Waals surface area contributed by atoms with Crippen LogP contribution in [-0.4, -0.2) is 19.7 Å². The molecule has 0 saturated heterocycles. The summed E-state index contributed by atoms with van der Waals surface area (Å²) < 4.78 is 2.01. The highest BCUT2D eigenvalue weighted by atomic mass is 35.5. The van der Waals surface area contributed by atoms with Crippen molar-refractivity contribution >= 4 is 29.1 Å². The zero-order chi connectivity index (χ0) is 21.1. The molecule has 3 aromatic carbocycles. The standard InChI is InChI=1S/C22H17ClN4O2S/c1-15-5-2-3-8-20(15)26-21(17-9-11-18(23)12-10-17)24-25-22(26)30-14-16-6-4-7-19(13-16)27(28)29/h2-13H,14H2,1H3. The topological polar surface area (TPSA) is 73.8 Å². The SMILES string of the molecule is Cc1ccccc1-n1c(SCc2cccc([N+](=O)[O-])c2)nnc1-c1ccc(Cl)cc1. The molecule has 0 aliphatic heterocycles. The Kier molecular flexibility index (Phi) is 5.83. The summed E-state index contributed by atoms with van der Waals surface area (Å²) in [6.45, 7) is 2.04. The lowest BCUT2D eigenvalue weighted by Crippen LogP contribution is -2.02. The number of nitrogens with zero attached hydrogens (tertiary/aromatic N) is 4. The predicted molar refractivity (Wildman–Crippen MR) is 119 cm³/mol. The first kappa shape index (κ1) is 20.1. The molecule has 0 saturated carbocycles. The number of halogens is 1. The lowest BCUT2D eigenvalue weighted by atomic mass is 10.1. The van der Waals surface area contributed by atoms with E-state index in [0.717, 1.165) is 22.4 Å². The Balaban J connectivity index is 1.73. The molecule has 0 atom stereocenters. The molecule has 0 aliphatic carbocycles. The van der Waals surface area contributed by atoms with Crippen LogP contribution < -0.4 is 0 Å². The summed E-state index contributed by atoms with van der Waals surface area (Å²) in [5, 5.41) is 21.3. The lowest BCUT2D eigenvalue weighted by molar-refractivity contribution is -0.384. The van der Waals surface area contributed by atoms with Gasteiger partial charge < -0.3 is 0 Å². The Morgan fingerprint density at radius 3 is 2.53 bits per heavy atom. The van der Waals surface area contributed by atoms with E-state index in [2.05, 4.69) is 10.2 Å². The number of nitro benzene ring substituents is 1. The van der Waals surface area contributed by atoms with Gasteiger partial charge in [0.2, 0.25) is 0 Å². The molecule has 1 aromatic heterocycles. The Morgan fingerprint density at radius 1 is 1.03 bits per heavy atom. The van der Waals surface area contributed by atoms with Crippen LogP contribution in [0.15, 0.2) is 78.0 Å². The molecule has 0 unspecified atom stereocenters. The number of nitro groups is 1. The third-order valence-corrected chi connectivity index (χ3v) is 5.83. The molecule has 0 N–H and O–H groups in total. The number of thioether (sulfide) groups is 1. The largest absolute Gasteiger partial charge is 0.270 e. The maximum absolute atomic E-state index is 11.1. The molecule has 8 heteroatoms. The summed E-state index contributed by atoms with van der Waals surface area (Å²) in [5.74, 6) is 1.24. The molecule has 0 radical (unpaired) electrons. The maximum atomic E-state index is 11.1. The van der Waals surface area contributed by atoms with Crippen molar-refractivity contribution in [1.29, 1.82) is 0 Å². The molecule has 30 heavy (non-hydrogen) atoms. The fourth-order valence-electron chi connectivity index (χ4n) is 3.09. The minimum absolute atomic E-state index is 0.0790. The van der Waals surface area contributed by atoms with Gasteiger partial charge in [-0.1, -0.05) is 53.7 Å². The molecule has 1 heterocycles. The highest BCUT2D eigenvalue weighted by Gasteiger charge is 2.18. The minimum atomic E-state index is -0.386. The molecular weight excluding hydrogens is 420 g/mol. The van der Waals surface area contributed by atoms with Crippen LogP contribution in [0, 0.1) is 17.0 Å². The number of hydrogen-bond donors (Lipinski definition) is 0. The van der Waals surface area contributed by atoms with Gasteiger partial charge in [0.05, 0.1) is 10.6 Å². The second kappa shape index (κ2) is 8.69. The van der Waals surface area contributed by atoms with Crippen molar-refractivity contribution in [1.82, 2.24) is 14.8 Å². The van der Waals surface area contributed by atoms with Crippen LogP contribution in [-0.2, 0) is 5.75 Å². The van der Waals surface area contributed by atoms with Gasteiger partial charge in [0.1, 0.15) is 0 Å². The maximum Gasteiger partial charge on any atom is 0.269 e. The first-order chi connectivity index (χ1) is 14.5. The molecule has 4 aromatic rings. The van der Waals surface area contributed by atoms with Gasteiger partial charge in [-0.25, -0.2) is 0 Å². The fourth-order valence-corrected chi connectivity index (χ4v) is 4.10. The van der Waals surface area contributed by atoms with Crippen LogP contribution in [0.2, 0.25) is 5.02 Å². The zero-order valence-corrected chi connectivity index (χ0v) is 17.6. The third-order valence-electron chi connectivity index (χ3n) is 4.58. The van der Waals surface area contributed by atoms with Gasteiger partial charge in [0.15, 0.2) is 11.0 Å². The zero-order valence-electron chi connectivity index (χ0n) is 16.0. The van der Waals surface area contributed by atoms with Gasteiger partial charge in [-0.2, -0.15) is 0 Å². The van der Waals surface area contributed by atoms with Gasteiger partial charge in [-0.05, 0) is 48.4 Å². The summed E-state index contributed by atoms with van der Waals surface area (Å²) in [6.07, 6.45) is 0. The second-order valence-corrected chi connectivity index (χ2v) is 8.03. The van der Waals surface area contributed by atoms with E-state index in [4.69, 9.17) is 11.6 Å². The minimum Gasteiger partial charge on any atom is -0.270 e. The predicted octanol–water partition coefficient (Wildman–Crippen LogP) is 6.10. The van der Waals surface area contributed by atoms with Crippen molar-refractivity contribution in [3.8, 4) is 17.1 Å². The number of benzene rings is 3. The van der Waals surface area contributed by atoms with Crippen LogP contribution in [0.1, 0.15) is 11.1 Å². The lowest BCUT2D eigenvalue weighted by Gasteiger charge is -2.13. The molecule has 0 fully saturated rings. The number of aryl methyl sites for hydroxylation is 1. The van der Waals surface area contributed by atoms with Gasteiger partial charge in [-0.3, -0.25) is 14.7 Å². The quantitative estimate of drug-likeness (QED) is 0.207. The van der Waals surface area contributed by atoms with Crippen LogP contribution in [0.4, 0.5) is 5.69 Å². The molecule has 6 nitrogen and oxygen atoms in total. The van der Waals surface area contributed by atoms with E-state index in [1.54, 1.807) is 12.1 Å². The normalized spacial score (nSPS) is 10.9. The van der Waals surface area contributed by atoms with Gasteiger partial charge in [-0.15, -0.1) is 10.2 Å². The molecule has 0 aliphatic rings. The highest BCUT2D eigenvalue weighted by Crippen LogP contribution is 2.31. The second-order valence-electron chi connectivity index (χ2n) is 6.65. The van der Waals surface area contributed by atoms with E-state index in [-0.39, 0.29) is 10.6 Å². The highest BCUT2D eigenvalue weighted by molar-refractivity contribution is 7.98. The summed E-state index contributed by atoms with van der Waals surface area (Å²) >= 11 is 7.53. The van der Waals surface area contributed by atoms with Crippen LogP contribution in [0.5, 0.6) is 0 Å². The van der Waals surface area contributed by atoms with Crippen molar-refractivity contribution in [2.24, 2.45) is 0 Å². The van der Waals surface area contributed by atoms with Gasteiger partial charge in [0.25, 0.3) is 5.69 Å². The number of para-hydroxylation sites is 1. The summed E-state index contributed by atoms with van der Waals surface area (Å²) in [7, 11) is 0. The molecular formula is C22H17ClN4O2S.